The lowest BCUT2D eigenvalue weighted by molar-refractivity contribution is -0.704. The van der Waals surface area contributed by atoms with Crippen LogP contribution < -0.4 is 10.3 Å². The number of aromatic nitrogens is 2. The van der Waals surface area contributed by atoms with Gasteiger partial charge in [-0.2, -0.15) is 0 Å². The maximum absolute atomic E-state index is 11.2. The zero-order valence-electron chi connectivity index (χ0n) is 7.56. The molecule has 0 bridgehead atoms. The van der Waals surface area contributed by atoms with Gasteiger partial charge in [-0.15, -0.1) is 0 Å². The molecule has 4 nitrogen and oxygen atoms in total. The second-order valence-electron chi connectivity index (χ2n) is 2.66. The highest BCUT2D eigenvalue weighted by molar-refractivity contribution is 7.98. The van der Waals surface area contributed by atoms with Gasteiger partial charge >= 0.3 is 10.7 Å². The molecule has 0 radical (unpaired) electrons. The van der Waals surface area contributed by atoms with E-state index in [0.717, 1.165) is 5.69 Å². The average molecular weight is 209 g/mol. The molecule has 0 amide bonds. The minimum atomic E-state index is -0.346. The van der Waals surface area contributed by atoms with Crippen LogP contribution in [-0.4, -0.2) is 11.5 Å². The van der Waals surface area contributed by atoms with Crippen LogP contribution >= 0.6 is 11.8 Å². The Morgan fingerprint density at radius 1 is 1.36 bits per heavy atom. The van der Waals surface area contributed by atoms with Crippen molar-refractivity contribution in [2.75, 3.05) is 6.26 Å². The summed E-state index contributed by atoms with van der Waals surface area (Å²) < 4.78 is 6.32. The fourth-order valence-corrected chi connectivity index (χ4v) is 1.72. The summed E-state index contributed by atoms with van der Waals surface area (Å²) in [7, 11) is 0. The Hall–Kier alpha value is -1.49. The van der Waals surface area contributed by atoms with Gasteiger partial charge in [0.1, 0.15) is 0 Å². The maximum atomic E-state index is 11.2. The molecule has 0 spiro atoms. The number of hydrogen-bond donors (Lipinski definition) is 1. The largest absolute Gasteiger partial charge is 0.442 e. The number of benzene rings is 1. The molecule has 0 aliphatic rings. The SMILES string of the molecule is CSc1c(=O)o[nH][n+]1-c1ccccc1. The van der Waals surface area contributed by atoms with Crippen molar-refractivity contribution < 1.29 is 9.20 Å². The summed E-state index contributed by atoms with van der Waals surface area (Å²) >= 11 is 1.35. The third kappa shape index (κ3) is 1.46. The fourth-order valence-electron chi connectivity index (χ4n) is 1.19. The Morgan fingerprint density at radius 2 is 2.07 bits per heavy atom. The van der Waals surface area contributed by atoms with Crippen molar-refractivity contribution in [1.82, 2.24) is 5.27 Å². The van der Waals surface area contributed by atoms with E-state index >= 15 is 0 Å². The predicted molar refractivity (Wildman–Crippen MR) is 52.6 cm³/mol. The standard InChI is InChI=1S/C9H8N2O2S/c1-14-8-9(12)13-10-11(8)7-5-3-2-4-6-7/h2-6H,1H3/p+1. The number of rotatable bonds is 2. The lowest BCUT2D eigenvalue weighted by Crippen LogP contribution is -2.35. The number of hydrogen-bond acceptors (Lipinski definition) is 3. The molecule has 0 saturated carbocycles. The van der Waals surface area contributed by atoms with Gasteiger partial charge in [0.25, 0.3) is 0 Å². The lowest BCUT2D eigenvalue weighted by Gasteiger charge is -1.89. The molecule has 0 aliphatic carbocycles. The molecule has 1 aromatic carbocycles. The molecular weight excluding hydrogens is 200 g/mol. The summed E-state index contributed by atoms with van der Waals surface area (Å²) in [4.78, 5) is 11.2. The van der Waals surface area contributed by atoms with Crippen LogP contribution in [0, 0.1) is 0 Å². The molecule has 5 heteroatoms. The fraction of sp³-hybridized carbons (Fsp3) is 0.111. The molecule has 0 saturated heterocycles. The van der Waals surface area contributed by atoms with E-state index < -0.39 is 0 Å². The topological polar surface area (TPSA) is 49.9 Å². The summed E-state index contributed by atoms with van der Waals surface area (Å²) in [6.07, 6.45) is 1.83. The Morgan fingerprint density at radius 3 is 2.71 bits per heavy atom. The Balaban J connectivity index is 2.57. The van der Waals surface area contributed by atoms with Crippen LogP contribution in [0.15, 0.2) is 44.7 Å². The first-order chi connectivity index (χ1) is 6.83. The third-order valence-corrected chi connectivity index (χ3v) is 2.55. The van der Waals surface area contributed by atoms with Crippen LogP contribution in [0.25, 0.3) is 5.69 Å². The van der Waals surface area contributed by atoms with Crippen molar-refractivity contribution >= 4 is 11.8 Å². The van der Waals surface area contributed by atoms with E-state index in [1.54, 1.807) is 4.68 Å². The van der Waals surface area contributed by atoms with E-state index in [1.807, 2.05) is 36.6 Å². The van der Waals surface area contributed by atoms with E-state index in [0.29, 0.717) is 5.03 Å². The van der Waals surface area contributed by atoms with Gasteiger partial charge in [0, 0.05) is 12.1 Å². The number of para-hydroxylation sites is 1. The Kier molecular flexibility index (Phi) is 2.41. The van der Waals surface area contributed by atoms with Crippen molar-refractivity contribution in [3.63, 3.8) is 0 Å². The lowest BCUT2D eigenvalue weighted by atomic mass is 10.3. The zero-order valence-corrected chi connectivity index (χ0v) is 8.38. The van der Waals surface area contributed by atoms with Gasteiger partial charge in [-0.3, -0.25) is 4.52 Å². The number of aromatic amines is 1. The second-order valence-corrected chi connectivity index (χ2v) is 3.46. The monoisotopic (exact) mass is 209 g/mol. The van der Waals surface area contributed by atoms with Crippen molar-refractivity contribution in [1.29, 1.82) is 0 Å². The summed E-state index contributed by atoms with van der Waals surface area (Å²) in [5, 5.41) is 3.09. The van der Waals surface area contributed by atoms with Crippen molar-refractivity contribution in [2.24, 2.45) is 0 Å². The molecule has 0 unspecified atom stereocenters. The minimum Gasteiger partial charge on any atom is -0.282 e. The highest BCUT2D eigenvalue weighted by Gasteiger charge is 2.21. The zero-order chi connectivity index (χ0) is 9.97. The van der Waals surface area contributed by atoms with E-state index in [1.165, 1.54) is 11.8 Å². The van der Waals surface area contributed by atoms with E-state index in [-0.39, 0.29) is 5.63 Å². The molecule has 1 heterocycles. The van der Waals surface area contributed by atoms with Crippen LogP contribution in [-0.2, 0) is 0 Å². The van der Waals surface area contributed by atoms with Crippen LogP contribution in [0.3, 0.4) is 0 Å². The molecule has 0 aliphatic heterocycles. The van der Waals surface area contributed by atoms with Crippen molar-refractivity contribution in [3.05, 3.63) is 40.8 Å². The third-order valence-electron chi connectivity index (χ3n) is 1.82. The molecular formula is C9H9N2O2S+. The van der Waals surface area contributed by atoms with Gasteiger partial charge in [0.15, 0.2) is 0 Å². The molecule has 0 atom stereocenters. The number of H-pyrrole nitrogens is 1. The van der Waals surface area contributed by atoms with Crippen LogP contribution in [0.2, 0.25) is 0 Å². The molecule has 14 heavy (non-hydrogen) atoms. The molecule has 2 aromatic rings. The number of nitrogens with zero attached hydrogens (tertiary/aromatic N) is 1. The summed E-state index contributed by atoms with van der Waals surface area (Å²) in [5.74, 6) is 0. The van der Waals surface area contributed by atoms with E-state index in [2.05, 4.69) is 5.27 Å². The van der Waals surface area contributed by atoms with Gasteiger partial charge in [0.05, 0.1) is 0 Å². The smallest absolute Gasteiger partial charge is 0.282 e. The van der Waals surface area contributed by atoms with Gasteiger partial charge in [-0.1, -0.05) is 18.2 Å². The highest BCUT2D eigenvalue weighted by Crippen LogP contribution is 2.05. The average Bonchev–Trinajstić information content (AvgIpc) is 2.61. The normalized spacial score (nSPS) is 10.4. The van der Waals surface area contributed by atoms with E-state index in [4.69, 9.17) is 4.52 Å². The predicted octanol–water partition coefficient (Wildman–Crippen LogP) is 0.966. The van der Waals surface area contributed by atoms with Crippen LogP contribution in [0.5, 0.6) is 0 Å². The first-order valence-electron chi connectivity index (χ1n) is 4.06. The van der Waals surface area contributed by atoms with Crippen molar-refractivity contribution in [2.45, 2.75) is 5.03 Å². The number of thioether (sulfide) groups is 1. The maximum Gasteiger partial charge on any atom is 0.442 e. The number of nitrogens with one attached hydrogen (secondary N) is 1. The van der Waals surface area contributed by atoms with Gasteiger partial charge < -0.3 is 0 Å². The molecule has 1 N–H and O–H groups in total. The summed E-state index contributed by atoms with van der Waals surface area (Å²) in [6, 6.07) is 9.51. The van der Waals surface area contributed by atoms with Crippen LogP contribution in [0.4, 0.5) is 0 Å². The van der Waals surface area contributed by atoms with E-state index in [9.17, 15) is 4.79 Å². The molecule has 1 aromatic heterocycles. The Labute approximate surface area is 84.5 Å². The van der Waals surface area contributed by atoms with Crippen LogP contribution in [0.1, 0.15) is 0 Å². The first-order valence-corrected chi connectivity index (χ1v) is 5.28. The van der Waals surface area contributed by atoms with Gasteiger partial charge in [0.2, 0.25) is 5.69 Å². The Bertz CT molecular complexity index is 475. The highest BCUT2D eigenvalue weighted by atomic mass is 32.2. The molecule has 72 valence electrons. The summed E-state index contributed by atoms with van der Waals surface area (Å²) in [5.41, 5.74) is 0.532. The van der Waals surface area contributed by atoms with Gasteiger partial charge in [-0.25, -0.2) is 4.79 Å². The van der Waals surface area contributed by atoms with Gasteiger partial charge in [-0.05, 0) is 28.0 Å². The molecule has 0 fully saturated rings. The first kappa shape index (κ1) is 9.08. The van der Waals surface area contributed by atoms with Crippen molar-refractivity contribution in [3.8, 4) is 5.69 Å². The summed E-state index contributed by atoms with van der Waals surface area (Å²) in [6.45, 7) is 0. The second kappa shape index (κ2) is 3.71. The quantitative estimate of drug-likeness (QED) is 0.592. The minimum absolute atomic E-state index is 0.346. The molecule has 2 rings (SSSR count).